The van der Waals surface area contributed by atoms with Gasteiger partial charge in [-0.2, -0.15) is 13.2 Å². The van der Waals surface area contributed by atoms with Gasteiger partial charge in [0.05, 0.1) is 5.56 Å². The van der Waals surface area contributed by atoms with Crippen LogP contribution in [0, 0.1) is 12.7 Å². The second kappa shape index (κ2) is 4.94. The molecule has 1 unspecified atom stereocenters. The van der Waals surface area contributed by atoms with Crippen LogP contribution in [0.15, 0.2) is 29.6 Å². The van der Waals surface area contributed by atoms with Crippen molar-refractivity contribution >= 4 is 11.3 Å². The van der Waals surface area contributed by atoms with Gasteiger partial charge < -0.3 is 5.11 Å². The Hall–Kier alpha value is -1.40. The van der Waals surface area contributed by atoms with E-state index in [1.54, 1.807) is 12.3 Å². The van der Waals surface area contributed by atoms with Gasteiger partial charge in [0, 0.05) is 10.4 Å². The molecule has 0 aliphatic heterocycles. The predicted octanol–water partition coefficient (Wildman–Crippen LogP) is 4.30. The van der Waals surface area contributed by atoms with Crippen LogP contribution in [0.3, 0.4) is 0 Å². The van der Waals surface area contributed by atoms with E-state index < -0.39 is 29.2 Å². The second-order valence-corrected chi connectivity index (χ2v) is 5.18. The Balaban J connectivity index is 2.55. The molecule has 1 N–H and O–H groups in total. The van der Waals surface area contributed by atoms with E-state index in [0.29, 0.717) is 16.5 Å². The van der Waals surface area contributed by atoms with E-state index in [1.807, 2.05) is 0 Å². The summed E-state index contributed by atoms with van der Waals surface area (Å²) in [5.41, 5.74) is -1.12. The fourth-order valence-electron chi connectivity index (χ4n) is 1.86. The lowest BCUT2D eigenvalue weighted by Gasteiger charge is -2.17. The summed E-state index contributed by atoms with van der Waals surface area (Å²) >= 11 is 1.31. The normalized spacial score (nSPS) is 13.6. The largest absolute Gasteiger partial charge is 0.416 e. The molecule has 6 heteroatoms. The second-order valence-electron chi connectivity index (χ2n) is 4.06. The maximum Gasteiger partial charge on any atom is 0.416 e. The van der Waals surface area contributed by atoms with Crippen molar-refractivity contribution in [3.63, 3.8) is 0 Å². The topological polar surface area (TPSA) is 20.2 Å². The number of halogens is 4. The maximum absolute atomic E-state index is 13.2. The highest BCUT2D eigenvalue weighted by Crippen LogP contribution is 2.38. The van der Waals surface area contributed by atoms with E-state index in [2.05, 4.69) is 0 Å². The molecular weight excluding hydrogens is 280 g/mol. The van der Waals surface area contributed by atoms with Crippen LogP contribution < -0.4 is 0 Å². The fourth-order valence-corrected chi connectivity index (χ4v) is 2.60. The summed E-state index contributed by atoms with van der Waals surface area (Å²) in [5.74, 6) is -0.810. The molecule has 0 aliphatic rings. The predicted molar refractivity (Wildman–Crippen MR) is 64.5 cm³/mol. The Labute approximate surface area is 111 Å². The summed E-state index contributed by atoms with van der Waals surface area (Å²) in [7, 11) is 0. The molecule has 2 aromatic rings. The van der Waals surface area contributed by atoms with Crippen LogP contribution in [0.4, 0.5) is 17.6 Å². The molecule has 1 heterocycles. The van der Waals surface area contributed by atoms with Crippen LogP contribution in [0.2, 0.25) is 0 Å². The lowest BCUT2D eigenvalue weighted by molar-refractivity contribution is -0.139. The van der Waals surface area contributed by atoms with Crippen LogP contribution >= 0.6 is 11.3 Å². The van der Waals surface area contributed by atoms with E-state index in [0.717, 1.165) is 12.1 Å². The van der Waals surface area contributed by atoms with Gasteiger partial charge in [-0.3, -0.25) is 0 Å². The molecule has 0 saturated carbocycles. The number of alkyl halides is 3. The minimum Gasteiger partial charge on any atom is -0.384 e. The molecule has 0 radical (unpaired) electrons. The number of hydrogen-bond donors (Lipinski definition) is 1. The first-order valence-corrected chi connectivity index (χ1v) is 6.27. The Morgan fingerprint density at radius 3 is 2.37 bits per heavy atom. The summed E-state index contributed by atoms with van der Waals surface area (Å²) < 4.78 is 51.7. The Morgan fingerprint density at radius 2 is 1.84 bits per heavy atom. The van der Waals surface area contributed by atoms with Crippen molar-refractivity contribution in [3.8, 4) is 0 Å². The summed E-state index contributed by atoms with van der Waals surface area (Å²) in [5, 5.41) is 11.7. The number of benzene rings is 1. The summed E-state index contributed by atoms with van der Waals surface area (Å²) in [4.78, 5) is 0.699. The fraction of sp³-hybridized carbons (Fsp3) is 0.231. The molecular formula is C13H10F4OS. The number of aliphatic hydroxyl groups is 1. The Kier molecular flexibility index (Phi) is 3.64. The molecule has 0 amide bonds. The van der Waals surface area contributed by atoms with Crippen molar-refractivity contribution in [2.45, 2.75) is 19.2 Å². The monoisotopic (exact) mass is 290 g/mol. The minimum absolute atomic E-state index is 0.362. The first-order chi connectivity index (χ1) is 8.80. The molecule has 0 fully saturated rings. The number of rotatable bonds is 2. The van der Waals surface area contributed by atoms with Crippen LogP contribution in [-0.2, 0) is 6.18 Å². The quantitative estimate of drug-likeness (QED) is 0.818. The van der Waals surface area contributed by atoms with Crippen molar-refractivity contribution in [3.05, 3.63) is 57.0 Å². The van der Waals surface area contributed by atoms with Gasteiger partial charge >= 0.3 is 6.18 Å². The van der Waals surface area contributed by atoms with Crippen LogP contribution in [-0.4, -0.2) is 5.11 Å². The average Bonchev–Trinajstić information content (AvgIpc) is 2.72. The van der Waals surface area contributed by atoms with Gasteiger partial charge in [-0.15, -0.1) is 11.3 Å². The van der Waals surface area contributed by atoms with Crippen molar-refractivity contribution in [2.24, 2.45) is 0 Å². The zero-order valence-corrected chi connectivity index (χ0v) is 10.6. The van der Waals surface area contributed by atoms with Crippen LogP contribution in [0.1, 0.15) is 27.7 Å². The minimum atomic E-state index is -4.63. The Morgan fingerprint density at radius 1 is 1.16 bits per heavy atom. The van der Waals surface area contributed by atoms with E-state index in [4.69, 9.17) is 0 Å². The van der Waals surface area contributed by atoms with Crippen molar-refractivity contribution < 1.29 is 22.7 Å². The third-order valence-corrected chi connectivity index (χ3v) is 3.67. The van der Waals surface area contributed by atoms with Gasteiger partial charge in [-0.1, -0.05) is 0 Å². The van der Waals surface area contributed by atoms with Gasteiger partial charge in [0.2, 0.25) is 0 Å². The number of aryl methyl sites for hydroxylation is 1. The SMILES string of the molecule is Cc1sccc1C(O)c1cc(F)ccc1C(F)(F)F. The first-order valence-electron chi connectivity index (χ1n) is 5.39. The number of aliphatic hydroxyl groups excluding tert-OH is 1. The average molecular weight is 290 g/mol. The molecule has 1 atom stereocenters. The van der Waals surface area contributed by atoms with E-state index in [9.17, 15) is 22.7 Å². The van der Waals surface area contributed by atoms with E-state index in [-0.39, 0.29) is 0 Å². The number of hydrogen-bond acceptors (Lipinski definition) is 2. The molecule has 0 bridgehead atoms. The van der Waals surface area contributed by atoms with Gasteiger partial charge in [0.15, 0.2) is 0 Å². The van der Waals surface area contributed by atoms with Crippen LogP contribution in [0.5, 0.6) is 0 Å². The van der Waals surface area contributed by atoms with Gasteiger partial charge in [0.1, 0.15) is 11.9 Å². The van der Waals surface area contributed by atoms with Crippen molar-refractivity contribution in [1.29, 1.82) is 0 Å². The molecule has 102 valence electrons. The van der Waals surface area contributed by atoms with Gasteiger partial charge in [0.25, 0.3) is 0 Å². The smallest absolute Gasteiger partial charge is 0.384 e. The van der Waals surface area contributed by atoms with Gasteiger partial charge in [-0.25, -0.2) is 4.39 Å². The van der Waals surface area contributed by atoms with Crippen molar-refractivity contribution in [2.75, 3.05) is 0 Å². The molecule has 1 aromatic heterocycles. The highest BCUT2D eigenvalue weighted by atomic mass is 32.1. The first kappa shape index (κ1) is 14.0. The Bertz CT molecular complexity index is 589. The molecule has 1 aromatic carbocycles. The maximum atomic E-state index is 13.2. The molecule has 0 spiro atoms. The molecule has 0 saturated heterocycles. The van der Waals surface area contributed by atoms with E-state index >= 15 is 0 Å². The highest BCUT2D eigenvalue weighted by molar-refractivity contribution is 7.10. The third-order valence-electron chi connectivity index (χ3n) is 2.81. The van der Waals surface area contributed by atoms with Gasteiger partial charge in [-0.05, 0) is 42.1 Å². The molecule has 2 rings (SSSR count). The third kappa shape index (κ3) is 2.79. The van der Waals surface area contributed by atoms with Crippen LogP contribution in [0.25, 0.3) is 0 Å². The lowest BCUT2D eigenvalue weighted by atomic mass is 9.97. The zero-order chi connectivity index (χ0) is 14.2. The molecule has 19 heavy (non-hydrogen) atoms. The number of thiophene rings is 1. The summed E-state index contributed by atoms with van der Waals surface area (Å²) in [6, 6.07) is 3.65. The zero-order valence-electron chi connectivity index (χ0n) is 9.83. The highest BCUT2D eigenvalue weighted by Gasteiger charge is 2.35. The van der Waals surface area contributed by atoms with Crippen molar-refractivity contribution in [1.82, 2.24) is 0 Å². The van der Waals surface area contributed by atoms with E-state index in [1.165, 1.54) is 17.4 Å². The summed E-state index contributed by atoms with van der Waals surface area (Å²) in [6.07, 6.45) is -6.12. The summed E-state index contributed by atoms with van der Waals surface area (Å²) in [6.45, 7) is 1.69. The molecule has 0 aliphatic carbocycles. The standard InChI is InChI=1S/C13H10F4OS/c1-7-9(4-5-19-7)12(18)10-6-8(14)2-3-11(10)13(15,16)17/h2-6,12,18H,1H3. The lowest BCUT2D eigenvalue weighted by Crippen LogP contribution is -2.13. The molecule has 1 nitrogen and oxygen atoms in total.